The summed E-state index contributed by atoms with van der Waals surface area (Å²) >= 11 is 15.3. The maximum Gasteiger partial charge on any atom is 0.410 e. The van der Waals surface area contributed by atoms with Crippen LogP contribution in [0.5, 0.6) is 0 Å². The number of fused-ring (bicyclic) bond motifs is 1. The molecular formula is C45H42Cl2N4O7S2. The quantitative estimate of drug-likeness (QED) is 0.0639. The topological polar surface area (TPSA) is 143 Å². The molecule has 1 aliphatic rings. The molecule has 0 fully saturated rings. The summed E-state index contributed by atoms with van der Waals surface area (Å²) in [5.74, 6) is -2.12. The first-order valence-corrected chi connectivity index (χ1v) is 21.4. The molecule has 3 N–H and O–H groups in total. The van der Waals surface area contributed by atoms with E-state index in [1.165, 1.54) is 29.2 Å². The van der Waals surface area contributed by atoms with Gasteiger partial charge >= 0.3 is 12.1 Å². The Morgan fingerprint density at radius 1 is 0.883 bits per heavy atom. The van der Waals surface area contributed by atoms with Gasteiger partial charge in [0.15, 0.2) is 0 Å². The summed E-state index contributed by atoms with van der Waals surface area (Å²) in [6.45, 7) is 7.80. The monoisotopic (exact) mass is 884 g/mol. The van der Waals surface area contributed by atoms with Crippen molar-refractivity contribution < 1.29 is 33.4 Å². The van der Waals surface area contributed by atoms with Gasteiger partial charge < -0.3 is 30.3 Å². The highest BCUT2D eigenvalue weighted by atomic mass is 35.5. The van der Waals surface area contributed by atoms with Crippen molar-refractivity contribution in [3.63, 3.8) is 0 Å². The van der Waals surface area contributed by atoms with Gasteiger partial charge in [-0.3, -0.25) is 14.4 Å². The number of esters is 1. The highest BCUT2D eigenvalue weighted by molar-refractivity contribution is 8.00. The minimum Gasteiger partial charge on any atom is -0.462 e. The number of thiophene rings is 1. The minimum absolute atomic E-state index is 0.108. The lowest BCUT2D eigenvalue weighted by molar-refractivity contribution is -0.116. The van der Waals surface area contributed by atoms with Gasteiger partial charge in [-0.25, -0.2) is 9.59 Å². The van der Waals surface area contributed by atoms with Crippen LogP contribution in [0.1, 0.15) is 75.2 Å². The maximum absolute atomic E-state index is 14.4. The lowest BCUT2D eigenvalue weighted by Crippen LogP contribution is -2.39. The molecule has 0 bridgehead atoms. The Hall–Kier alpha value is -5.60. The number of nitrogens with zero attached hydrogens (tertiary/aromatic N) is 1. The van der Waals surface area contributed by atoms with Crippen molar-refractivity contribution in [2.75, 3.05) is 23.8 Å². The predicted octanol–water partition coefficient (Wildman–Crippen LogP) is 10.4. The van der Waals surface area contributed by atoms with E-state index in [0.29, 0.717) is 45.2 Å². The minimum atomic E-state index is -0.812. The van der Waals surface area contributed by atoms with Crippen molar-refractivity contribution in [1.82, 2.24) is 10.2 Å². The fourth-order valence-electron chi connectivity index (χ4n) is 6.19. The smallest absolute Gasteiger partial charge is 0.410 e. The molecule has 5 aromatic rings. The zero-order valence-corrected chi connectivity index (χ0v) is 36.3. The molecule has 60 heavy (non-hydrogen) atoms. The Balaban J connectivity index is 1.26. The second-order valence-corrected chi connectivity index (χ2v) is 17.6. The number of amides is 4. The van der Waals surface area contributed by atoms with Crippen LogP contribution in [-0.2, 0) is 32.0 Å². The first-order chi connectivity index (χ1) is 28.7. The third-order valence-corrected chi connectivity index (χ3v) is 12.0. The van der Waals surface area contributed by atoms with Crippen molar-refractivity contribution in [1.29, 1.82) is 0 Å². The van der Waals surface area contributed by atoms with Crippen LogP contribution in [-0.4, -0.2) is 53.4 Å². The van der Waals surface area contributed by atoms with E-state index in [1.54, 1.807) is 105 Å². The second kappa shape index (κ2) is 19.6. The van der Waals surface area contributed by atoms with Crippen LogP contribution in [0.2, 0.25) is 10.0 Å². The zero-order valence-electron chi connectivity index (χ0n) is 33.2. The number of thioether (sulfide) groups is 1. The van der Waals surface area contributed by atoms with E-state index in [4.69, 9.17) is 32.7 Å². The largest absolute Gasteiger partial charge is 0.462 e. The van der Waals surface area contributed by atoms with Crippen LogP contribution in [0.3, 0.4) is 0 Å². The number of benzene rings is 4. The number of rotatable bonds is 12. The average molecular weight is 886 g/mol. The lowest BCUT2D eigenvalue weighted by Gasteiger charge is -2.30. The first-order valence-electron chi connectivity index (χ1n) is 19.0. The van der Waals surface area contributed by atoms with Gasteiger partial charge in [-0.2, -0.15) is 0 Å². The normalized spacial score (nSPS) is 13.1. The number of nitrogens with one attached hydrogen (secondary N) is 3. The highest BCUT2D eigenvalue weighted by Crippen LogP contribution is 2.41. The van der Waals surface area contributed by atoms with Crippen molar-refractivity contribution >= 4 is 92.8 Å². The zero-order chi connectivity index (χ0) is 43.0. The number of carbonyl (C=O) groups is 5. The maximum atomic E-state index is 14.4. The van der Waals surface area contributed by atoms with Gasteiger partial charge in [-0.05, 0) is 93.8 Å². The number of hydrogen-bond acceptors (Lipinski definition) is 9. The van der Waals surface area contributed by atoms with E-state index in [0.717, 1.165) is 10.4 Å². The van der Waals surface area contributed by atoms with E-state index in [9.17, 15) is 24.0 Å². The van der Waals surface area contributed by atoms with Crippen molar-refractivity contribution in [3.8, 4) is 0 Å². The van der Waals surface area contributed by atoms with E-state index in [-0.39, 0.29) is 34.5 Å². The molecule has 1 atom stereocenters. The highest BCUT2D eigenvalue weighted by Gasteiger charge is 2.34. The molecule has 15 heteroatoms. The van der Waals surface area contributed by atoms with Gasteiger partial charge in [0.2, 0.25) is 5.91 Å². The number of hydrogen-bond donors (Lipinski definition) is 3. The molecule has 0 saturated carbocycles. The van der Waals surface area contributed by atoms with Gasteiger partial charge in [-0.1, -0.05) is 83.9 Å². The lowest BCUT2D eigenvalue weighted by atomic mass is 10.0. The third-order valence-electron chi connectivity index (χ3n) is 8.93. The van der Waals surface area contributed by atoms with Gasteiger partial charge in [0.1, 0.15) is 21.5 Å². The SMILES string of the molecule is CCOC(=O)c1c(NC(=O)C(Sc2cccc(NC(=O)/C(=C\c3c(Cl)cccc3Cl)NC(=O)c3ccccc3)c2)c2ccccc2)sc2c1CCN(C(=O)OC(C)(C)C)C2. The summed E-state index contributed by atoms with van der Waals surface area (Å²) in [5.41, 5.74) is 1.97. The molecule has 11 nitrogen and oxygen atoms in total. The van der Waals surface area contributed by atoms with Crippen LogP contribution < -0.4 is 16.0 Å². The summed E-state index contributed by atoms with van der Waals surface area (Å²) in [4.78, 5) is 70.8. The van der Waals surface area contributed by atoms with Gasteiger partial charge in [-0.15, -0.1) is 23.1 Å². The Kier molecular flexibility index (Phi) is 14.4. The van der Waals surface area contributed by atoms with Gasteiger partial charge in [0, 0.05) is 43.2 Å². The van der Waals surface area contributed by atoms with Crippen molar-refractivity contribution in [2.45, 2.75) is 56.4 Å². The molecule has 1 unspecified atom stereocenters. The first kappa shape index (κ1) is 44.0. The number of ether oxygens (including phenoxy) is 2. The van der Waals surface area contributed by atoms with E-state index >= 15 is 0 Å². The van der Waals surface area contributed by atoms with E-state index < -0.39 is 40.6 Å². The average Bonchev–Trinajstić information content (AvgIpc) is 3.58. The molecule has 1 aliphatic heterocycles. The van der Waals surface area contributed by atoms with Crippen molar-refractivity contribution in [3.05, 3.63) is 152 Å². The van der Waals surface area contributed by atoms with Crippen molar-refractivity contribution in [2.24, 2.45) is 0 Å². The summed E-state index contributed by atoms with van der Waals surface area (Å²) in [7, 11) is 0. The molecule has 0 radical (unpaired) electrons. The van der Waals surface area contributed by atoms with E-state index in [1.807, 2.05) is 30.3 Å². The Bertz CT molecular complexity index is 2410. The van der Waals surface area contributed by atoms with E-state index in [2.05, 4.69) is 16.0 Å². The summed E-state index contributed by atoms with van der Waals surface area (Å²) < 4.78 is 11.0. The molecule has 0 saturated heterocycles. The Labute approximate surface area is 366 Å². The van der Waals surface area contributed by atoms with Crippen LogP contribution in [0.4, 0.5) is 15.5 Å². The Morgan fingerprint density at radius 3 is 2.22 bits per heavy atom. The molecule has 6 rings (SSSR count). The van der Waals surface area contributed by atoms with Crippen LogP contribution in [0, 0.1) is 0 Å². The third kappa shape index (κ3) is 11.2. The molecule has 1 aromatic heterocycles. The number of halogens is 2. The number of anilines is 2. The summed E-state index contributed by atoms with van der Waals surface area (Å²) in [6.07, 6.45) is 1.33. The fourth-order valence-corrected chi connectivity index (χ4v) is 9.03. The van der Waals surface area contributed by atoms with Gasteiger partial charge in [0.05, 0.1) is 18.7 Å². The van der Waals surface area contributed by atoms with Gasteiger partial charge in [0.25, 0.3) is 11.8 Å². The molecule has 4 amide bonds. The molecule has 2 heterocycles. The standard InChI is InChI=1S/C45H42Cl2N4O7S2/c1-5-57-43(55)37-31-22-23-51(44(56)58-45(2,3)4)26-36(31)60-42(37)50-41(54)38(27-14-8-6-9-15-27)59-30-19-12-18-29(24-30)48-40(53)35(25-32-33(46)20-13-21-34(32)47)49-39(52)28-16-10-7-11-17-28/h6-21,24-25,38H,5,22-23,26H2,1-4H3,(H,48,53)(H,49,52)(H,50,54)/b35-25+. The molecule has 0 spiro atoms. The van der Waals surface area contributed by atoms with Crippen LogP contribution in [0.25, 0.3) is 6.08 Å². The summed E-state index contributed by atoms with van der Waals surface area (Å²) in [5, 5.41) is 8.65. The molecular weight excluding hydrogens is 844 g/mol. The Morgan fingerprint density at radius 2 is 1.55 bits per heavy atom. The fraction of sp³-hybridized carbons (Fsp3) is 0.222. The summed E-state index contributed by atoms with van der Waals surface area (Å²) in [6, 6.07) is 29.5. The second-order valence-electron chi connectivity index (χ2n) is 14.5. The number of carbonyl (C=O) groups excluding carboxylic acids is 5. The predicted molar refractivity (Wildman–Crippen MR) is 238 cm³/mol. The van der Waals surface area contributed by atoms with Crippen LogP contribution in [0.15, 0.2) is 114 Å². The molecule has 0 aliphatic carbocycles. The molecule has 310 valence electrons. The molecule has 4 aromatic carbocycles. The van der Waals surface area contributed by atoms with Crippen LogP contribution >= 0.6 is 46.3 Å².